The number of nitrogens with one attached hydrogen (secondary N) is 1. The maximum absolute atomic E-state index is 12.7. The molecule has 0 aliphatic heterocycles. The van der Waals surface area contributed by atoms with Crippen molar-refractivity contribution in [3.8, 4) is 5.75 Å². The number of anilines is 3. The first kappa shape index (κ1) is 14.9. The lowest BCUT2D eigenvalue weighted by Crippen LogP contribution is -2.12. The molecular formula is C13H13F3N4O. The Hall–Kier alpha value is -2.51. The van der Waals surface area contributed by atoms with E-state index in [1.165, 1.54) is 0 Å². The lowest BCUT2D eigenvalue weighted by Gasteiger charge is -2.11. The molecule has 0 amide bonds. The Morgan fingerprint density at radius 1 is 1.24 bits per heavy atom. The Morgan fingerprint density at radius 2 is 2.00 bits per heavy atom. The van der Waals surface area contributed by atoms with E-state index < -0.39 is 17.8 Å². The van der Waals surface area contributed by atoms with Crippen LogP contribution < -0.4 is 15.8 Å². The third-order valence-electron chi connectivity index (χ3n) is 2.45. The fourth-order valence-electron chi connectivity index (χ4n) is 1.65. The van der Waals surface area contributed by atoms with E-state index in [1.807, 2.05) is 6.92 Å². The third-order valence-corrected chi connectivity index (χ3v) is 2.45. The number of hydrogen-bond donors (Lipinski definition) is 2. The van der Waals surface area contributed by atoms with Gasteiger partial charge in [0.15, 0.2) is 5.69 Å². The number of ether oxygens (including phenoxy) is 1. The molecule has 1 aromatic carbocycles. The van der Waals surface area contributed by atoms with Gasteiger partial charge in [-0.15, -0.1) is 0 Å². The molecule has 1 aromatic heterocycles. The van der Waals surface area contributed by atoms with Gasteiger partial charge in [-0.05, 0) is 19.1 Å². The van der Waals surface area contributed by atoms with E-state index in [9.17, 15) is 13.2 Å². The van der Waals surface area contributed by atoms with Crippen LogP contribution in [0.15, 0.2) is 30.3 Å². The van der Waals surface area contributed by atoms with Gasteiger partial charge in [0.25, 0.3) is 0 Å². The van der Waals surface area contributed by atoms with Gasteiger partial charge >= 0.3 is 6.18 Å². The molecule has 2 rings (SSSR count). The zero-order valence-corrected chi connectivity index (χ0v) is 11.1. The molecule has 112 valence electrons. The summed E-state index contributed by atoms with van der Waals surface area (Å²) in [6.45, 7) is 2.32. The van der Waals surface area contributed by atoms with Crippen molar-refractivity contribution in [2.24, 2.45) is 0 Å². The van der Waals surface area contributed by atoms with Crippen LogP contribution in [0.4, 0.5) is 30.6 Å². The molecule has 0 aliphatic carbocycles. The molecule has 0 saturated carbocycles. The minimum Gasteiger partial charge on any atom is -0.494 e. The molecule has 0 atom stereocenters. The van der Waals surface area contributed by atoms with Crippen molar-refractivity contribution in [2.45, 2.75) is 13.1 Å². The van der Waals surface area contributed by atoms with Gasteiger partial charge in [-0.25, -0.2) is 4.98 Å². The van der Waals surface area contributed by atoms with Crippen LogP contribution in [0, 0.1) is 0 Å². The van der Waals surface area contributed by atoms with Crippen molar-refractivity contribution in [1.29, 1.82) is 0 Å². The maximum atomic E-state index is 12.7. The molecule has 0 saturated heterocycles. The average Bonchev–Trinajstić information content (AvgIpc) is 2.38. The summed E-state index contributed by atoms with van der Waals surface area (Å²) in [5.74, 6) is 0.109. The number of nitrogen functional groups attached to an aromatic ring is 1. The number of nitrogens with zero attached hydrogens (tertiary/aromatic N) is 2. The molecule has 5 nitrogen and oxygen atoms in total. The predicted molar refractivity (Wildman–Crippen MR) is 72.3 cm³/mol. The number of rotatable bonds is 4. The molecule has 0 fully saturated rings. The van der Waals surface area contributed by atoms with Crippen LogP contribution in [0.3, 0.4) is 0 Å². The van der Waals surface area contributed by atoms with E-state index in [0.717, 1.165) is 6.07 Å². The first-order valence-corrected chi connectivity index (χ1v) is 6.10. The summed E-state index contributed by atoms with van der Waals surface area (Å²) in [5.41, 5.74) is 4.74. The molecule has 0 radical (unpaired) electrons. The van der Waals surface area contributed by atoms with E-state index in [4.69, 9.17) is 10.5 Å². The highest BCUT2D eigenvalue weighted by Gasteiger charge is 2.33. The predicted octanol–water partition coefficient (Wildman–Crippen LogP) is 3.22. The molecular weight excluding hydrogens is 285 g/mol. The fraction of sp³-hybridized carbons (Fsp3) is 0.231. The van der Waals surface area contributed by atoms with E-state index in [1.54, 1.807) is 24.3 Å². The van der Waals surface area contributed by atoms with Crippen LogP contribution >= 0.6 is 0 Å². The smallest absolute Gasteiger partial charge is 0.433 e. The first-order valence-electron chi connectivity index (χ1n) is 6.10. The molecule has 8 heteroatoms. The molecule has 0 spiro atoms. The van der Waals surface area contributed by atoms with E-state index in [-0.39, 0.29) is 5.82 Å². The molecule has 1 heterocycles. The lowest BCUT2D eigenvalue weighted by molar-refractivity contribution is -0.141. The first-order chi connectivity index (χ1) is 9.88. The van der Waals surface area contributed by atoms with Gasteiger partial charge in [0.1, 0.15) is 11.6 Å². The van der Waals surface area contributed by atoms with E-state index in [2.05, 4.69) is 15.3 Å². The Kier molecular flexibility index (Phi) is 4.15. The van der Waals surface area contributed by atoms with Gasteiger partial charge < -0.3 is 15.8 Å². The molecule has 0 aliphatic rings. The van der Waals surface area contributed by atoms with Gasteiger partial charge in [0.2, 0.25) is 5.95 Å². The summed E-state index contributed by atoms with van der Waals surface area (Å²) in [6.07, 6.45) is -4.58. The quantitative estimate of drug-likeness (QED) is 0.906. The minimum atomic E-state index is -4.58. The van der Waals surface area contributed by atoms with Crippen molar-refractivity contribution in [3.05, 3.63) is 36.0 Å². The zero-order valence-electron chi connectivity index (χ0n) is 11.1. The molecule has 2 aromatic rings. The molecule has 0 unspecified atom stereocenters. The van der Waals surface area contributed by atoms with Gasteiger partial charge in [-0.2, -0.15) is 18.2 Å². The minimum absolute atomic E-state index is 0.0385. The van der Waals surface area contributed by atoms with Gasteiger partial charge in [-0.1, -0.05) is 6.07 Å². The Labute approximate surface area is 119 Å². The van der Waals surface area contributed by atoms with E-state index in [0.29, 0.717) is 18.0 Å². The summed E-state index contributed by atoms with van der Waals surface area (Å²) >= 11 is 0. The number of halogens is 3. The third kappa shape index (κ3) is 3.98. The van der Waals surface area contributed by atoms with Crippen molar-refractivity contribution < 1.29 is 17.9 Å². The largest absolute Gasteiger partial charge is 0.494 e. The number of alkyl halides is 3. The summed E-state index contributed by atoms with van der Waals surface area (Å²) in [4.78, 5) is 6.90. The van der Waals surface area contributed by atoms with Crippen LogP contribution in [0.1, 0.15) is 12.6 Å². The Balaban J connectivity index is 2.27. The van der Waals surface area contributed by atoms with Gasteiger partial charge in [0.05, 0.1) is 6.61 Å². The molecule has 21 heavy (non-hydrogen) atoms. The molecule has 0 bridgehead atoms. The number of nitrogens with two attached hydrogens (primary N) is 1. The Bertz CT molecular complexity index is 631. The van der Waals surface area contributed by atoms with Crippen LogP contribution in [-0.2, 0) is 6.18 Å². The monoisotopic (exact) mass is 298 g/mol. The standard InChI is InChI=1S/C13H13F3N4O/c1-2-21-9-5-3-4-8(6-9)18-11-7-10(13(14,15)16)19-12(17)20-11/h3-7H,2H2,1H3,(H3,17,18,19,20). The lowest BCUT2D eigenvalue weighted by atomic mass is 10.3. The van der Waals surface area contributed by atoms with E-state index >= 15 is 0 Å². The Morgan fingerprint density at radius 3 is 2.67 bits per heavy atom. The fourth-order valence-corrected chi connectivity index (χ4v) is 1.65. The maximum Gasteiger partial charge on any atom is 0.433 e. The second-order valence-electron chi connectivity index (χ2n) is 4.08. The number of hydrogen-bond acceptors (Lipinski definition) is 5. The van der Waals surface area contributed by atoms with Gasteiger partial charge in [0, 0.05) is 17.8 Å². The average molecular weight is 298 g/mol. The van der Waals surface area contributed by atoms with Crippen LogP contribution in [0.2, 0.25) is 0 Å². The summed E-state index contributed by atoms with van der Waals surface area (Å²) in [5, 5.41) is 2.74. The topological polar surface area (TPSA) is 73.1 Å². The summed E-state index contributed by atoms with van der Waals surface area (Å²) in [6, 6.07) is 7.57. The highest BCUT2D eigenvalue weighted by molar-refractivity contribution is 5.59. The zero-order chi connectivity index (χ0) is 15.5. The summed E-state index contributed by atoms with van der Waals surface area (Å²) < 4.78 is 43.3. The normalized spacial score (nSPS) is 11.2. The molecule has 3 N–H and O–H groups in total. The highest BCUT2D eigenvalue weighted by Crippen LogP contribution is 2.30. The number of aromatic nitrogens is 2. The van der Waals surface area contributed by atoms with Crippen molar-refractivity contribution in [3.63, 3.8) is 0 Å². The van der Waals surface area contributed by atoms with Crippen LogP contribution in [-0.4, -0.2) is 16.6 Å². The van der Waals surface area contributed by atoms with Gasteiger partial charge in [-0.3, -0.25) is 0 Å². The highest BCUT2D eigenvalue weighted by atomic mass is 19.4. The van der Waals surface area contributed by atoms with Crippen molar-refractivity contribution >= 4 is 17.5 Å². The summed E-state index contributed by atoms with van der Waals surface area (Å²) in [7, 11) is 0. The van der Waals surface area contributed by atoms with Crippen LogP contribution in [0.25, 0.3) is 0 Å². The second-order valence-corrected chi connectivity index (χ2v) is 4.08. The SMILES string of the molecule is CCOc1cccc(Nc2cc(C(F)(F)F)nc(N)n2)c1. The van der Waals surface area contributed by atoms with Crippen molar-refractivity contribution in [1.82, 2.24) is 9.97 Å². The van der Waals surface area contributed by atoms with Crippen molar-refractivity contribution in [2.75, 3.05) is 17.7 Å². The second kappa shape index (κ2) is 5.86. The van der Waals surface area contributed by atoms with Crippen LogP contribution in [0.5, 0.6) is 5.75 Å². The number of benzene rings is 1.